The summed E-state index contributed by atoms with van der Waals surface area (Å²) in [5, 5.41) is 7.08. The molecule has 0 aliphatic rings. The molecule has 0 spiro atoms. The lowest BCUT2D eigenvalue weighted by molar-refractivity contribution is 0.446. The van der Waals surface area contributed by atoms with Crippen LogP contribution in [0.5, 0.6) is 0 Å². The van der Waals surface area contributed by atoms with Gasteiger partial charge in [-0.15, -0.1) is 11.3 Å². The maximum Gasteiger partial charge on any atom is 0.0355 e. The minimum atomic E-state index is 0.459. The Hall–Kier alpha value is -0.860. The van der Waals surface area contributed by atoms with Crippen LogP contribution in [0.1, 0.15) is 25.5 Å². The van der Waals surface area contributed by atoms with E-state index in [9.17, 15) is 0 Å². The van der Waals surface area contributed by atoms with Gasteiger partial charge in [0.2, 0.25) is 0 Å². The molecule has 15 heavy (non-hydrogen) atoms. The second-order valence-corrected chi connectivity index (χ2v) is 5.11. The van der Waals surface area contributed by atoms with Crippen molar-refractivity contribution in [1.82, 2.24) is 5.32 Å². The summed E-state index contributed by atoms with van der Waals surface area (Å²) >= 11 is 1.84. The normalized spacial score (nSPS) is 13.6. The highest BCUT2D eigenvalue weighted by Gasteiger charge is 2.16. The van der Waals surface area contributed by atoms with Gasteiger partial charge in [-0.25, -0.2) is 0 Å². The number of benzene rings is 1. The van der Waals surface area contributed by atoms with E-state index >= 15 is 0 Å². The van der Waals surface area contributed by atoms with Crippen LogP contribution in [-0.2, 0) is 0 Å². The van der Waals surface area contributed by atoms with Gasteiger partial charge in [-0.3, -0.25) is 0 Å². The van der Waals surface area contributed by atoms with Crippen molar-refractivity contribution in [3.05, 3.63) is 35.2 Å². The van der Waals surface area contributed by atoms with Crippen molar-refractivity contribution < 1.29 is 0 Å². The van der Waals surface area contributed by atoms with Crippen LogP contribution in [0.3, 0.4) is 0 Å². The van der Waals surface area contributed by atoms with Crippen LogP contribution < -0.4 is 5.32 Å². The zero-order chi connectivity index (χ0) is 10.8. The summed E-state index contributed by atoms with van der Waals surface area (Å²) in [4.78, 5) is 0. The molecular formula is C13H17NS. The van der Waals surface area contributed by atoms with E-state index in [1.165, 1.54) is 15.6 Å². The van der Waals surface area contributed by atoms with Crippen LogP contribution in [0.4, 0.5) is 0 Å². The van der Waals surface area contributed by atoms with Gasteiger partial charge in [0, 0.05) is 10.7 Å². The molecule has 2 rings (SSSR count). The summed E-state index contributed by atoms with van der Waals surface area (Å²) in [6.07, 6.45) is 0. The number of thiophene rings is 1. The second-order valence-electron chi connectivity index (χ2n) is 4.20. The second kappa shape index (κ2) is 4.33. The first kappa shape index (κ1) is 10.7. The molecule has 1 unspecified atom stereocenters. The smallest absolute Gasteiger partial charge is 0.0355 e. The summed E-state index contributed by atoms with van der Waals surface area (Å²) in [5.74, 6) is 0.619. The SMILES string of the molecule is CNC(c1csc2ccccc12)C(C)C. The van der Waals surface area contributed by atoms with Gasteiger partial charge in [-0.2, -0.15) is 0 Å². The van der Waals surface area contributed by atoms with Crippen molar-refractivity contribution >= 4 is 21.4 Å². The molecule has 0 fully saturated rings. The maximum absolute atomic E-state index is 3.40. The van der Waals surface area contributed by atoms with Crippen molar-refractivity contribution in [3.63, 3.8) is 0 Å². The Morgan fingerprint density at radius 2 is 1.93 bits per heavy atom. The first-order valence-electron chi connectivity index (χ1n) is 5.37. The van der Waals surface area contributed by atoms with Gasteiger partial charge in [-0.1, -0.05) is 32.0 Å². The third kappa shape index (κ3) is 1.92. The Labute approximate surface area is 95.1 Å². The largest absolute Gasteiger partial charge is 0.313 e. The van der Waals surface area contributed by atoms with Crippen molar-refractivity contribution in [3.8, 4) is 0 Å². The molecule has 1 nitrogen and oxygen atoms in total. The van der Waals surface area contributed by atoms with Crippen LogP contribution in [-0.4, -0.2) is 7.05 Å². The van der Waals surface area contributed by atoms with Crippen molar-refractivity contribution in [2.24, 2.45) is 5.92 Å². The summed E-state index contributed by atoms with van der Waals surface area (Å²) in [7, 11) is 2.04. The first-order chi connectivity index (χ1) is 7.24. The highest BCUT2D eigenvalue weighted by atomic mass is 32.1. The zero-order valence-corrected chi connectivity index (χ0v) is 10.3. The topological polar surface area (TPSA) is 12.0 Å². The van der Waals surface area contributed by atoms with E-state index in [1.54, 1.807) is 0 Å². The monoisotopic (exact) mass is 219 g/mol. The Bertz CT molecular complexity index is 444. The van der Waals surface area contributed by atoms with E-state index in [0.717, 1.165) is 0 Å². The summed E-state index contributed by atoms with van der Waals surface area (Å²) < 4.78 is 1.38. The molecule has 1 heterocycles. The Balaban J connectivity index is 2.51. The van der Waals surface area contributed by atoms with Gasteiger partial charge in [0.15, 0.2) is 0 Å². The third-order valence-electron chi connectivity index (χ3n) is 2.82. The minimum Gasteiger partial charge on any atom is -0.313 e. The molecule has 0 saturated carbocycles. The standard InChI is InChI=1S/C13H17NS/c1-9(2)13(14-3)11-8-15-12-7-5-4-6-10(11)12/h4-9,13-14H,1-3H3. The summed E-state index contributed by atoms with van der Waals surface area (Å²) in [6, 6.07) is 9.09. The molecule has 0 amide bonds. The van der Waals surface area contributed by atoms with Crippen LogP contribution in [0, 0.1) is 5.92 Å². The van der Waals surface area contributed by atoms with E-state index in [4.69, 9.17) is 0 Å². The average Bonchev–Trinajstić information content (AvgIpc) is 2.63. The van der Waals surface area contributed by atoms with Crippen molar-refractivity contribution in [2.75, 3.05) is 7.05 Å². The molecule has 0 bridgehead atoms. The molecule has 2 heteroatoms. The van der Waals surface area contributed by atoms with Crippen LogP contribution >= 0.6 is 11.3 Å². The lowest BCUT2D eigenvalue weighted by Gasteiger charge is -2.19. The predicted octanol–water partition coefficient (Wildman–Crippen LogP) is 3.82. The minimum absolute atomic E-state index is 0.459. The third-order valence-corrected chi connectivity index (χ3v) is 3.81. The maximum atomic E-state index is 3.40. The molecule has 2 aromatic rings. The van der Waals surface area contributed by atoms with E-state index in [0.29, 0.717) is 12.0 Å². The molecule has 0 aliphatic carbocycles. The highest BCUT2D eigenvalue weighted by Crippen LogP contribution is 2.33. The number of rotatable bonds is 3. The van der Waals surface area contributed by atoms with Crippen LogP contribution in [0.15, 0.2) is 29.6 Å². The molecule has 1 atom stereocenters. The Morgan fingerprint density at radius 1 is 1.20 bits per heavy atom. The van der Waals surface area contributed by atoms with Gasteiger partial charge in [0.1, 0.15) is 0 Å². The molecule has 0 saturated heterocycles. The first-order valence-corrected chi connectivity index (χ1v) is 6.25. The van der Waals surface area contributed by atoms with Crippen LogP contribution in [0.25, 0.3) is 10.1 Å². The van der Waals surface area contributed by atoms with E-state index in [-0.39, 0.29) is 0 Å². The van der Waals surface area contributed by atoms with Crippen molar-refractivity contribution in [2.45, 2.75) is 19.9 Å². The number of hydrogen-bond acceptors (Lipinski definition) is 2. The van der Waals surface area contributed by atoms with Crippen LogP contribution in [0.2, 0.25) is 0 Å². The summed E-state index contributed by atoms with van der Waals surface area (Å²) in [5.41, 5.74) is 1.44. The quantitative estimate of drug-likeness (QED) is 0.827. The van der Waals surface area contributed by atoms with Gasteiger partial charge in [0.25, 0.3) is 0 Å². The van der Waals surface area contributed by atoms with Crippen molar-refractivity contribution in [1.29, 1.82) is 0 Å². The number of hydrogen-bond donors (Lipinski definition) is 1. The van der Waals surface area contributed by atoms with E-state index < -0.39 is 0 Å². The molecule has 1 aromatic carbocycles. The molecule has 80 valence electrons. The van der Waals surface area contributed by atoms with Gasteiger partial charge < -0.3 is 5.32 Å². The molecule has 0 aliphatic heterocycles. The Morgan fingerprint density at radius 3 is 2.60 bits per heavy atom. The average molecular weight is 219 g/mol. The Kier molecular flexibility index (Phi) is 3.08. The fourth-order valence-electron chi connectivity index (χ4n) is 2.09. The van der Waals surface area contributed by atoms with Gasteiger partial charge in [-0.05, 0) is 35.4 Å². The number of fused-ring (bicyclic) bond motifs is 1. The molecular weight excluding hydrogens is 202 g/mol. The predicted molar refractivity (Wildman–Crippen MR) is 68.5 cm³/mol. The van der Waals surface area contributed by atoms with Gasteiger partial charge in [0.05, 0.1) is 0 Å². The molecule has 1 aromatic heterocycles. The molecule has 1 N–H and O–H groups in total. The van der Waals surface area contributed by atoms with E-state index in [2.05, 4.69) is 48.8 Å². The fraction of sp³-hybridized carbons (Fsp3) is 0.385. The van der Waals surface area contributed by atoms with Gasteiger partial charge >= 0.3 is 0 Å². The fourth-order valence-corrected chi connectivity index (χ4v) is 3.08. The number of nitrogens with one attached hydrogen (secondary N) is 1. The van der Waals surface area contributed by atoms with E-state index in [1.807, 2.05) is 18.4 Å². The molecule has 0 radical (unpaired) electrons. The zero-order valence-electron chi connectivity index (χ0n) is 9.45. The highest BCUT2D eigenvalue weighted by molar-refractivity contribution is 7.17. The summed E-state index contributed by atoms with van der Waals surface area (Å²) in [6.45, 7) is 4.52. The lowest BCUT2D eigenvalue weighted by Crippen LogP contribution is -2.21. The lowest BCUT2D eigenvalue weighted by atomic mass is 9.96.